The van der Waals surface area contributed by atoms with Crippen LogP contribution in [0, 0.1) is 6.92 Å². The summed E-state index contributed by atoms with van der Waals surface area (Å²) in [6, 6.07) is 12.2. The molecule has 2 heterocycles. The second-order valence-corrected chi connectivity index (χ2v) is 6.98. The Morgan fingerprint density at radius 3 is 2.48 bits per heavy atom. The highest BCUT2D eigenvalue weighted by molar-refractivity contribution is 5.95. The molecule has 0 radical (unpaired) electrons. The van der Waals surface area contributed by atoms with E-state index in [4.69, 9.17) is 0 Å². The average molecular weight is 431 g/mol. The van der Waals surface area contributed by atoms with Gasteiger partial charge in [-0.25, -0.2) is 9.67 Å². The molecule has 0 aliphatic rings. The topological polar surface area (TPSA) is 63.1 Å². The summed E-state index contributed by atoms with van der Waals surface area (Å²) in [5.74, 6) is -0.0654. The van der Waals surface area contributed by atoms with Gasteiger partial charge in [-0.05, 0) is 44.5 Å². The Hall–Kier alpha value is -3.36. The van der Waals surface area contributed by atoms with Crippen molar-refractivity contribution in [3.05, 3.63) is 71.7 Å². The van der Waals surface area contributed by atoms with E-state index in [1.54, 1.807) is 6.92 Å². The van der Waals surface area contributed by atoms with Gasteiger partial charge < -0.3 is 10.2 Å². The van der Waals surface area contributed by atoms with Crippen molar-refractivity contribution in [1.29, 1.82) is 0 Å². The predicted molar refractivity (Wildman–Crippen MR) is 112 cm³/mol. The minimum Gasteiger partial charge on any atom is -0.372 e. The Labute approximate surface area is 178 Å². The van der Waals surface area contributed by atoms with E-state index in [0.29, 0.717) is 17.8 Å². The van der Waals surface area contributed by atoms with Crippen LogP contribution in [0.4, 0.5) is 18.9 Å². The highest BCUT2D eigenvalue weighted by Gasteiger charge is 2.30. The normalized spacial score (nSPS) is 11.4. The zero-order chi connectivity index (χ0) is 22.4. The number of carbonyl (C=O) groups is 1. The first-order valence-electron chi connectivity index (χ1n) is 9.97. The Bertz CT molecular complexity index is 1000. The molecule has 0 saturated carbocycles. The van der Waals surface area contributed by atoms with Gasteiger partial charge in [-0.1, -0.05) is 18.2 Å². The fourth-order valence-corrected chi connectivity index (χ4v) is 3.22. The molecule has 0 unspecified atom stereocenters. The zero-order valence-corrected chi connectivity index (χ0v) is 17.4. The molecule has 0 aliphatic carbocycles. The van der Waals surface area contributed by atoms with Gasteiger partial charge in [0.2, 0.25) is 0 Å². The number of rotatable bonds is 8. The molecule has 1 aromatic carbocycles. The van der Waals surface area contributed by atoms with E-state index >= 15 is 0 Å². The molecule has 0 aliphatic heterocycles. The summed E-state index contributed by atoms with van der Waals surface area (Å²) in [6.07, 6.45) is -1.54. The number of pyridine rings is 1. The largest absolute Gasteiger partial charge is 0.417 e. The third kappa shape index (κ3) is 5.42. The summed E-state index contributed by atoms with van der Waals surface area (Å²) in [6.45, 7) is 5.91. The van der Waals surface area contributed by atoms with Crippen LogP contribution >= 0.6 is 0 Å². The van der Waals surface area contributed by atoms with Crippen LogP contribution < -0.4 is 10.2 Å². The second-order valence-electron chi connectivity index (χ2n) is 6.98. The van der Waals surface area contributed by atoms with Crippen molar-refractivity contribution in [2.45, 2.75) is 26.4 Å². The van der Waals surface area contributed by atoms with Gasteiger partial charge in [0.15, 0.2) is 5.82 Å². The van der Waals surface area contributed by atoms with Crippen LogP contribution in [-0.4, -0.2) is 40.3 Å². The Kier molecular flexibility index (Phi) is 6.94. The number of para-hydroxylation sites is 1. The molecule has 3 aromatic rings. The fraction of sp³-hybridized carbons (Fsp3) is 0.318. The van der Waals surface area contributed by atoms with E-state index in [-0.39, 0.29) is 11.7 Å². The Morgan fingerprint density at radius 1 is 1.13 bits per heavy atom. The lowest BCUT2D eigenvalue weighted by Gasteiger charge is -2.23. The van der Waals surface area contributed by atoms with Crippen LogP contribution in [0.2, 0.25) is 0 Å². The molecular weight excluding hydrogens is 407 g/mol. The van der Waals surface area contributed by atoms with E-state index < -0.39 is 11.7 Å². The van der Waals surface area contributed by atoms with Gasteiger partial charge in [-0.15, -0.1) is 0 Å². The SMILES string of the molecule is CCN(CCCNC(=O)c1cnn(-c2ccc(C(F)(F)F)cn2)c1C)c1ccccc1. The van der Waals surface area contributed by atoms with E-state index in [1.807, 2.05) is 18.2 Å². The number of amides is 1. The molecule has 9 heteroatoms. The second kappa shape index (κ2) is 9.63. The molecule has 31 heavy (non-hydrogen) atoms. The first kappa shape index (κ1) is 22.3. The number of benzene rings is 1. The van der Waals surface area contributed by atoms with Crippen LogP contribution in [0.25, 0.3) is 5.82 Å². The summed E-state index contributed by atoms with van der Waals surface area (Å²) < 4.78 is 39.5. The standard InChI is InChI=1S/C22H24F3N5O/c1-3-29(18-8-5-4-6-9-18)13-7-12-26-21(31)19-15-28-30(16(19)2)20-11-10-17(14-27-20)22(23,24)25/h4-6,8-11,14-15H,3,7,12-13H2,1-2H3,(H,26,31). The van der Waals surface area contributed by atoms with Crippen molar-refractivity contribution in [2.24, 2.45) is 0 Å². The van der Waals surface area contributed by atoms with Crippen LogP contribution in [0.1, 0.15) is 35.0 Å². The van der Waals surface area contributed by atoms with Gasteiger partial charge in [0.05, 0.1) is 23.0 Å². The molecular formula is C22H24F3N5O. The zero-order valence-electron chi connectivity index (χ0n) is 17.4. The number of hydrogen-bond acceptors (Lipinski definition) is 4. The van der Waals surface area contributed by atoms with Crippen molar-refractivity contribution >= 4 is 11.6 Å². The first-order valence-corrected chi connectivity index (χ1v) is 9.97. The summed E-state index contributed by atoms with van der Waals surface area (Å²) >= 11 is 0. The maximum absolute atomic E-state index is 12.7. The monoisotopic (exact) mass is 431 g/mol. The fourth-order valence-electron chi connectivity index (χ4n) is 3.22. The lowest BCUT2D eigenvalue weighted by molar-refractivity contribution is -0.137. The predicted octanol–water partition coefficient (Wildman–Crippen LogP) is 4.24. The summed E-state index contributed by atoms with van der Waals surface area (Å²) in [4.78, 5) is 18.6. The molecule has 0 fully saturated rings. The van der Waals surface area contributed by atoms with Crippen LogP contribution in [0.15, 0.2) is 54.9 Å². The van der Waals surface area contributed by atoms with E-state index in [9.17, 15) is 18.0 Å². The number of anilines is 1. The molecule has 0 atom stereocenters. The molecule has 1 amide bonds. The van der Waals surface area contributed by atoms with E-state index in [1.165, 1.54) is 16.9 Å². The molecule has 0 spiro atoms. The summed E-state index contributed by atoms with van der Waals surface area (Å²) in [7, 11) is 0. The number of nitrogens with one attached hydrogen (secondary N) is 1. The van der Waals surface area contributed by atoms with Gasteiger partial charge >= 0.3 is 6.18 Å². The molecule has 1 N–H and O–H groups in total. The smallest absolute Gasteiger partial charge is 0.372 e. The highest BCUT2D eigenvalue weighted by Crippen LogP contribution is 2.28. The van der Waals surface area contributed by atoms with Gasteiger partial charge in [-0.3, -0.25) is 4.79 Å². The summed E-state index contributed by atoms with van der Waals surface area (Å²) in [5.41, 5.74) is 1.16. The van der Waals surface area contributed by atoms with Crippen molar-refractivity contribution in [2.75, 3.05) is 24.5 Å². The maximum atomic E-state index is 12.7. The average Bonchev–Trinajstić information content (AvgIpc) is 3.15. The van der Waals surface area contributed by atoms with Crippen LogP contribution in [-0.2, 0) is 6.18 Å². The van der Waals surface area contributed by atoms with Crippen molar-refractivity contribution in [3.8, 4) is 5.82 Å². The lowest BCUT2D eigenvalue weighted by atomic mass is 10.2. The molecule has 6 nitrogen and oxygen atoms in total. The summed E-state index contributed by atoms with van der Waals surface area (Å²) in [5, 5.41) is 6.99. The highest BCUT2D eigenvalue weighted by atomic mass is 19.4. The van der Waals surface area contributed by atoms with Crippen molar-refractivity contribution in [3.63, 3.8) is 0 Å². The van der Waals surface area contributed by atoms with Crippen molar-refractivity contribution < 1.29 is 18.0 Å². The van der Waals surface area contributed by atoms with Gasteiger partial charge in [0.1, 0.15) is 0 Å². The third-order valence-electron chi connectivity index (χ3n) is 4.94. The number of carbonyl (C=O) groups excluding carboxylic acids is 1. The Morgan fingerprint density at radius 2 is 1.87 bits per heavy atom. The minimum absolute atomic E-state index is 0.214. The quantitative estimate of drug-likeness (QED) is 0.542. The number of hydrogen-bond donors (Lipinski definition) is 1. The molecule has 164 valence electrons. The van der Waals surface area contributed by atoms with Gasteiger partial charge in [0, 0.05) is 31.5 Å². The van der Waals surface area contributed by atoms with E-state index in [0.717, 1.165) is 37.5 Å². The number of aromatic nitrogens is 3. The molecule has 3 rings (SSSR count). The van der Waals surface area contributed by atoms with Crippen LogP contribution in [0.3, 0.4) is 0 Å². The molecule has 0 bridgehead atoms. The first-order chi connectivity index (χ1) is 14.8. The minimum atomic E-state index is -4.45. The molecule has 2 aromatic heterocycles. The number of nitrogens with zero attached hydrogens (tertiary/aromatic N) is 4. The number of halogens is 3. The Balaban J connectivity index is 1.57. The maximum Gasteiger partial charge on any atom is 0.417 e. The van der Waals surface area contributed by atoms with E-state index in [2.05, 4.69) is 39.4 Å². The van der Waals surface area contributed by atoms with Gasteiger partial charge in [-0.2, -0.15) is 18.3 Å². The lowest BCUT2D eigenvalue weighted by Crippen LogP contribution is -2.30. The molecule has 0 saturated heterocycles. The number of alkyl halides is 3. The van der Waals surface area contributed by atoms with Gasteiger partial charge in [0.25, 0.3) is 5.91 Å². The van der Waals surface area contributed by atoms with Crippen LogP contribution in [0.5, 0.6) is 0 Å². The third-order valence-corrected chi connectivity index (χ3v) is 4.94. The van der Waals surface area contributed by atoms with Crippen molar-refractivity contribution in [1.82, 2.24) is 20.1 Å².